The Labute approximate surface area is 74.4 Å². The van der Waals surface area contributed by atoms with Crippen LogP contribution in [0.15, 0.2) is 22.9 Å². The molecule has 0 aromatic carbocycles. The minimum Gasteiger partial charge on any atom is -0.391 e. The van der Waals surface area contributed by atoms with E-state index in [1.807, 2.05) is 33.9 Å². The molecule has 0 saturated heterocycles. The molecule has 68 valence electrons. The van der Waals surface area contributed by atoms with Gasteiger partial charge in [0.25, 0.3) is 0 Å². The maximum absolute atomic E-state index is 11.1. The lowest BCUT2D eigenvalue weighted by molar-refractivity contribution is -0.113. The summed E-state index contributed by atoms with van der Waals surface area (Å²) in [4.78, 5) is 11.1. The van der Waals surface area contributed by atoms with Crippen LogP contribution in [0.1, 0.15) is 27.7 Å². The van der Waals surface area contributed by atoms with Crippen molar-refractivity contribution in [3.63, 3.8) is 0 Å². The number of hydrogen-bond acceptors (Lipinski definition) is 2. The van der Waals surface area contributed by atoms with Gasteiger partial charge >= 0.3 is 0 Å². The van der Waals surface area contributed by atoms with Crippen LogP contribution in [0.3, 0.4) is 0 Å². The van der Waals surface area contributed by atoms with Crippen LogP contribution in [-0.2, 0) is 4.79 Å². The highest BCUT2D eigenvalue weighted by atomic mass is 16.1. The van der Waals surface area contributed by atoms with Gasteiger partial charge in [0.15, 0.2) is 5.78 Å². The molecule has 0 aromatic rings. The summed E-state index contributed by atoms with van der Waals surface area (Å²) in [5, 5.41) is 3.02. The maximum atomic E-state index is 11.1. The topological polar surface area (TPSA) is 29.1 Å². The SMILES string of the molecule is C/C=C(C(C)=O)/C(C)=C(/C)NC. The fraction of sp³-hybridized carbons (Fsp3) is 0.500. The van der Waals surface area contributed by atoms with E-state index in [0.717, 1.165) is 16.8 Å². The molecule has 2 nitrogen and oxygen atoms in total. The molecule has 0 atom stereocenters. The van der Waals surface area contributed by atoms with Gasteiger partial charge in [-0.1, -0.05) is 6.08 Å². The van der Waals surface area contributed by atoms with Crippen molar-refractivity contribution in [2.45, 2.75) is 27.7 Å². The molecule has 0 aliphatic heterocycles. The molecule has 0 rings (SSSR count). The first-order chi connectivity index (χ1) is 5.54. The number of carbonyl (C=O) groups is 1. The fourth-order valence-corrected chi connectivity index (χ4v) is 1.07. The van der Waals surface area contributed by atoms with E-state index < -0.39 is 0 Å². The van der Waals surface area contributed by atoms with E-state index in [-0.39, 0.29) is 5.78 Å². The zero-order valence-corrected chi connectivity index (χ0v) is 8.49. The van der Waals surface area contributed by atoms with Crippen molar-refractivity contribution in [2.24, 2.45) is 0 Å². The first-order valence-electron chi connectivity index (χ1n) is 4.07. The molecule has 0 saturated carbocycles. The summed E-state index contributed by atoms with van der Waals surface area (Å²) in [6.07, 6.45) is 1.85. The summed E-state index contributed by atoms with van der Waals surface area (Å²) in [6.45, 7) is 7.37. The Bertz CT molecular complexity index is 236. The van der Waals surface area contributed by atoms with Gasteiger partial charge in [0.1, 0.15) is 0 Å². The van der Waals surface area contributed by atoms with Gasteiger partial charge in [-0.2, -0.15) is 0 Å². The normalized spacial score (nSPS) is 13.9. The van der Waals surface area contributed by atoms with Crippen molar-refractivity contribution in [3.05, 3.63) is 22.9 Å². The molecular formula is C10H17NO. The monoisotopic (exact) mass is 167 g/mol. The van der Waals surface area contributed by atoms with E-state index >= 15 is 0 Å². The van der Waals surface area contributed by atoms with Crippen LogP contribution in [0.2, 0.25) is 0 Å². The second-order valence-corrected chi connectivity index (χ2v) is 2.76. The Hall–Kier alpha value is -1.05. The summed E-state index contributed by atoms with van der Waals surface area (Å²) < 4.78 is 0. The molecule has 12 heavy (non-hydrogen) atoms. The highest BCUT2D eigenvalue weighted by molar-refractivity contribution is 5.97. The lowest BCUT2D eigenvalue weighted by Crippen LogP contribution is -2.08. The smallest absolute Gasteiger partial charge is 0.159 e. The number of carbonyl (C=O) groups excluding carboxylic acids is 1. The molecule has 0 aliphatic carbocycles. The first-order valence-corrected chi connectivity index (χ1v) is 4.07. The standard InChI is InChI=1S/C10H17NO/c1-6-10(9(4)12)7(2)8(3)11-5/h6,11H,1-5H3/b8-7-,10-6-. The van der Waals surface area contributed by atoms with Gasteiger partial charge in [-0.25, -0.2) is 0 Å². The van der Waals surface area contributed by atoms with Crippen LogP contribution in [0.25, 0.3) is 0 Å². The average molecular weight is 167 g/mol. The van der Waals surface area contributed by atoms with Crippen LogP contribution in [0, 0.1) is 0 Å². The van der Waals surface area contributed by atoms with E-state index in [1.165, 1.54) is 0 Å². The number of hydrogen-bond donors (Lipinski definition) is 1. The van der Waals surface area contributed by atoms with Crippen LogP contribution in [0.5, 0.6) is 0 Å². The Balaban J connectivity index is 4.90. The van der Waals surface area contributed by atoms with Gasteiger partial charge in [0.2, 0.25) is 0 Å². The van der Waals surface area contributed by atoms with Crippen molar-refractivity contribution in [3.8, 4) is 0 Å². The van der Waals surface area contributed by atoms with Gasteiger partial charge in [-0.3, -0.25) is 4.79 Å². The highest BCUT2D eigenvalue weighted by Crippen LogP contribution is 2.13. The number of nitrogens with one attached hydrogen (secondary N) is 1. The second-order valence-electron chi connectivity index (χ2n) is 2.76. The third kappa shape index (κ3) is 2.53. The molecule has 0 aliphatic rings. The fourth-order valence-electron chi connectivity index (χ4n) is 1.07. The van der Waals surface area contributed by atoms with Gasteiger partial charge < -0.3 is 5.32 Å². The van der Waals surface area contributed by atoms with E-state index in [1.54, 1.807) is 6.92 Å². The zero-order valence-electron chi connectivity index (χ0n) is 8.49. The van der Waals surface area contributed by atoms with Gasteiger partial charge in [0.05, 0.1) is 0 Å². The molecule has 0 bridgehead atoms. The molecule has 0 unspecified atom stereocenters. The van der Waals surface area contributed by atoms with Crippen molar-refractivity contribution < 1.29 is 4.79 Å². The van der Waals surface area contributed by atoms with Crippen LogP contribution in [0.4, 0.5) is 0 Å². The average Bonchev–Trinajstić information content (AvgIpc) is 2.03. The van der Waals surface area contributed by atoms with E-state index in [2.05, 4.69) is 5.32 Å². The summed E-state index contributed by atoms with van der Waals surface area (Å²) in [7, 11) is 1.85. The largest absolute Gasteiger partial charge is 0.391 e. The molecule has 0 fully saturated rings. The Morgan fingerprint density at radius 3 is 2.00 bits per heavy atom. The van der Waals surface area contributed by atoms with Gasteiger partial charge in [0, 0.05) is 18.3 Å². The Kier molecular flexibility index (Phi) is 4.34. The molecule has 0 amide bonds. The summed E-state index contributed by atoms with van der Waals surface area (Å²) in [5.74, 6) is 0.115. The molecule has 2 heteroatoms. The van der Waals surface area contributed by atoms with Gasteiger partial charge in [-0.15, -0.1) is 0 Å². The maximum Gasteiger partial charge on any atom is 0.159 e. The lowest BCUT2D eigenvalue weighted by atomic mass is 10.0. The van der Waals surface area contributed by atoms with Crippen LogP contribution < -0.4 is 5.32 Å². The van der Waals surface area contributed by atoms with Crippen molar-refractivity contribution in [1.82, 2.24) is 5.32 Å². The predicted molar refractivity (Wildman–Crippen MR) is 51.9 cm³/mol. The molecular weight excluding hydrogens is 150 g/mol. The Morgan fingerprint density at radius 1 is 1.25 bits per heavy atom. The quantitative estimate of drug-likeness (QED) is 0.515. The second kappa shape index (κ2) is 4.75. The molecule has 1 N–H and O–H groups in total. The third-order valence-corrected chi connectivity index (χ3v) is 2.01. The van der Waals surface area contributed by atoms with E-state index in [0.29, 0.717) is 0 Å². The van der Waals surface area contributed by atoms with Crippen molar-refractivity contribution >= 4 is 5.78 Å². The van der Waals surface area contributed by atoms with E-state index in [9.17, 15) is 4.79 Å². The molecule has 0 radical (unpaired) electrons. The molecule has 0 aromatic heterocycles. The minimum absolute atomic E-state index is 0.115. The number of Topliss-reactive ketones (excluding diaryl/α,β-unsaturated/α-hetero) is 1. The first kappa shape index (κ1) is 11.0. The van der Waals surface area contributed by atoms with Crippen molar-refractivity contribution in [2.75, 3.05) is 7.05 Å². The number of allylic oxidation sites excluding steroid dienone is 4. The lowest BCUT2D eigenvalue weighted by Gasteiger charge is -2.08. The molecule has 0 spiro atoms. The van der Waals surface area contributed by atoms with Crippen LogP contribution in [-0.4, -0.2) is 12.8 Å². The summed E-state index contributed by atoms with van der Waals surface area (Å²) >= 11 is 0. The summed E-state index contributed by atoms with van der Waals surface area (Å²) in [6, 6.07) is 0. The summed E-state index contributed by atoms with van der Waals surface area (Å²) in [5.41, 5.74) is 2.85. The van der Waals surface area contributed by atoms with Gasteiger partial charge in [-0.05, 0) is 33.3 Å². The minimum atomic E-state index is 0.115. The number of rotatable bonds is 3. The highest BCUT2D eigenvalue weighted by Gasteiger charge is 2.06. The molecule has 0 heterocycles. The van der Waals surface area contributed by atoms with E-state index in [4.69, 9.17) is 0 Å². The zero-order chi connectivity index (χ0) is 9.72. The third-order valence-electron chi connectivity index (χ3n) is 2.01. The predicted octanol–water partition coefficient (Wildman–Crippen LogP) is 2.04. The number of ketones is 1. The van der Waals surface area contributed by atoms with Crippen molar-refractivity contribution in [1.29, 1.82) is 0 Å². The van der Waals surface area contributed by atoms with Crippen LogP contribution >= 0.6 is 0 Å². The Morgan fingerprint density at radius 2 is 1.75 bits per heavy atom.